The van der Waals surface area contributed by atoms with E-state index in [1.165, 1.54) is 12.1 Å². The number of ether oxygens (including phenoxy) is 1. The fraction of sp³-hybridized carbons (Fsp3) is 0.536. The van der Waals surface area contributed by atoms with Crippen LogP contribution in [-0.2, 0) is 14.0 Å². The molecule has 0 radical (unpaired) electrons. The first-order valence-electron chi connectivity index (χ1n) is 12.5. The number of rotatable bonds is 5. The fourth-order valence-corrected chi connectivity index (χ4v) is 4.20. The van der Waals surface area contributed by atoms with E-state index in [1.54, 1.807) is 36.9 Å². The molecule has 36 heavy (non-hydrogen) atoms. The van der Waals surface area contributed by atoms with Crippen LogP contribution in [0.1, 0.15) is 72.9 Å². The van der Waals surface area contributed by atoms with Crippen LogP contribution in [-0.4, -0.2) is 52.7 Å². The van der Waals surface area contributed by atoms with Crippen LogP contribution in [0.2, 0.25) is 0 Å². The molecular formula is C28H39BFNO5. The van der Waals surface area contributed by atoms with E-state index in [0.717, 1.165) is 11.0 Å². The van der Waals surface area contributed by atoms with Crippen LogP contribution in [0, 0.1) is 5.82 Å². The number of hydrogen-bond donors (Lipinski definition) is 1. The van der Waals surface area contributed by atoms with Gasteiger partial charge in [-0.25, -0.2) is 9.18 Å². The number of cyclic esters (lactones) is 1. The van der Waals surface area contributed by atoms with E-state index in [2.05, 4.69) is 0 Å². The van der Waals surface area contributed by atoms with Crippen molar-refractivity contribution in [2.24, 2.45) is 0 Å². The molecule has 2 aliphatic rings. The van der Waals surface area contributed by atoms with Gasteiger partial charge in [-0.3, -0.25) is 0 Å². The third kappa shape index (κ3) is 7.08. The summed E-state index contributed by atoms with van der Waals surface area (Å²) in [5.74, 6) is -0.178. The Balaban J connectivity index is 0.000000444. The second-order valence-corrected chi connectivity index (χ2v) is 11.2. The monoisotopic (exact) mass is 499 g/mol. The number of nitrogens with zero attached hydrogens (tertiary/aromatic N) is 1. The average Bonchev–Trinajstić information content (AvgIpc) is 3.00. The number of carbonyl (C=O) groups excluding carboxylic acids is 1. The Kier molecular flexibility index (Phi) is 8.53. The lowest BCUT2D eigenvalue weighted by Crippen LogP contribution is -2.45. The van der Waals surface area contributed by atoms with Crippen LogP contribution in [0.4, 0.5) is 9.18 Å². The maximum absolute atomic E-state index is 12.5. The number of halogens is 1. The highest BCUT2D eigenvalue weighted by Gasteiger charge is 2.51. The Bertz CT molecular complexity index is 991. The molecule has 2 atom stereocenters. The molecule has 1 N–H and O–H groups in total. The number of amides is 1. The standard InChI is InChI=1S/C22H34BNO5.C6H5F/c1-15(24-13-12-18(27-19(24)25)14-20(2,3)26)16-8-10-17(11-9-16)23-28-21(4,5)22(6,7)29-23;7-6-4-2-1-3-5-6/h8-11,15,18,26H,12-14H2,1-7H3;1-5H. The van der Waals surface area contributed by atoms with Gasteiger partial charge in [-0.1, -0.05) is 42.5 Å². The van der Waals surface area contributed by atoms with E-state index in [4.69, 9.17) is 14.0 Å². The maximum Gasteiger partial charge on any atom is 0.494 e. The number of benzene rings is 2. The predicted molar refractivity (Wildman–Crippen MR) is 139 cm³/mol. The molecule has 2 fully saturated rings. The number of hydrogen-bond acceptors (Lipinski definition) is 5. The Labute approximate surface area is 214 Å². The third-order valence-corrected chi connectivity index (χ3v) is 7.07. The van der Waals surface area contributed by atoms with Crippen LogP contribution in [0.15, 0.2) is 54.6 Å². The average molecular weight is 499 g/mol. The van der Waals surface area contributed by atoms with Gasteiger partial charge in [-0.2, -0.15) is 0 Å². The zero-order valence-corrected chi connectivity index (χ0v) is 22.5. The fourth-order valence-electron chi connectivity index (χ4n) is 4.20. The molecule has 2 unspecified atom stereocenters. The van der Waals surface area contributed by atoms with Crippen LogP contribution >= 0.6 is 0 Å². The maximum atomic E-state index is 12.5. The van der Waals surface area contributed by atoms with Crippen molar-refractivity contribution < 1.29 is 28.3 Å². The van der Waals surface area contributed by atoms with E-state index in [0.29, 0.717) is 19.4 Å². The minimum atomic E-state index is -0.845. The lowest BCUT2D eigenvalue weighted by Gasteiger charge is -2.37. The molecule has 1 amide bonds. The van der Waals surface area contributed by atoms with Gasteiger partial charge in [0.25, 0.3) is 0 Å². The second kappa shape index (κ2) is 10.9. The summed E-state index contributed by atoms with van der Waals surface area (Å²) in [6, 6.07) is 15.9. The van der Waals surface area contributed by atoms with Gasteiger partial charge in [0.15, 0.2) is 0 Å². The molecule has 0 saturated carbocycles. The quantitative estimate of drug-likeness (QED) is 0.570. The summed E-state index contributed by atoms with van der Waals surface area (Å²) in [6.45, 7) is 14.2. The zero-order valence-electron chi connectivity index (χ0n) is 22.5. The van der Waals surface area contributed by atoms with Crippen molar-refractivity contribution in [1.82, 2.24) is 4.90 Å². The summed E-state index contributed by atoms with van der Waals surface area (Å²) in [5.41, 5.74) is 0.401. The van der Waals surface area contributed by atoms with E-state index in [1.807, 2.05) is 58.9 Å². The van der Waals surface area contributed by atoms with E-state index >= 15 is 0 Å². The summed E-state index contributed by atoms with van der Waals surface area (Å²) >= 11 is 0. The summed E-state index contributed by atoms with van der Waals surface area (Å²) in [7, 11) is -0.396. The molecule has 2 aromatic carbocycles. The third-order valence-electron chi connectivity index (χ3n) is 7.07. The minimum Gasteiger partial charge on any atom is -0.446 e. The molecule has 6 nitrogen and oxygen atoms in total. The van der Waals surface area contributed by atoms with Crippen molar-refractivity contribution in [3.8, 4) is 0 Å². The van der Waals surface area contributed by atoms with E-state index in [9.17, 15) is 14.3 Å². The van der Waals surface area contributed by atoms with E-state index in [-0.39, 0.29) is 35.3 Å². The number of carbonyl (C=O) groups is 1. The Morgan fingerprint density at radius 2 is 1.61 bits per heavy atom. The van der Waals surface area contributed by atoms with Gasteiger partial charge in [0.05, 0.1) is 22.8 Å². The molecular weight excluding hydrogens is 460 g/mol. The first-order valence-corrected chi connectivity index (χ1v) is 12.5. The van der Waals surface area contributed by atoms with Crippen molar-refractivity contribution in [1.29, 1.82) is 0 Å². The molecule has 4 rings (SSSR count). The van der Waals surface area contributed by atoms with Crippen molar-refractivity contribution in [3.63, 3.8) is 0 Å². The zero-order chi connectivity index (χ0) is 26.7. The SMILES string of the molecule is CC(c1ccc(B2OC(C)(C)C(C)(C)O2)cc1)N1CCC(CC(C)(C)O)OC1=O.Fc1ccccc1. The van der Waals surface area contributed by atoms with Crippen molar-refractivity contribution in [2.75, 3.05) is 6.54 Å². The van der Waals surface area contributed by atoms with Gasteiger partial charge >= 0.3 is 13.2 Å². The minimum absolute atomic E-state index is 0.0991. The predicted octanol–water partition coefficient (Wildman–Crippen LogP) is 5.24. The Hall–Kier alpha value is -2.42. The Morgan fingerprint density at radius 1 is 1.06 bits per heavy atom. The van der Waals surface area contributed by atoms with Gasteiger partial charge in [0.2, 0.25) is 0 Å². The lowest BCUT2D eigenvalue weighted by atomic mass is 9.78. The highest BCUT2D eigenvalue weighted by Crippen LogP contribution is 2.36. The van der Waals surface area contributed by atoms with Crippen molar-refractivity contribution >= 4 is 18.7 Å². The largest absolute Gasteiger partial charge is 0.494 e. The summed E-state index contributed by atoms with van der Waals surface area (Å²) in [4.78, 5) is 14.2. The molecule has 0 aliphatic carbocycles. The molecule has 0 spiro atoms. The van der Waals surface area contributed by atoms with Gasteiger partial charge in [0, 0.05) is 19.4 Å². The summed E-state index contributed by atoms with van der Waals surface area (Å²) < 4.78 is 29.7. The van der Waals surface area contributed by atoms with Crippen molar-refractivity contribution in [2.45, 2.75) is 90.3 Å². The van der Waals surface area contributed by atoms with Crippen LogP contribution in [0.5, 0.6) is 0 Å². The van der Waals surface area contributed by atoms with Gasteiger partial charge < -0.3 is 24.1 Å². The molecule has 0 bridgehead atoms. The molecule has 0 aromatic heterocycles. The molecule has 196 valence electrons. The normalized spacial score (nSPS) is 21.9. The molecule has 2 aliphatic heterocycles. The second-order valence-electron chi connectivity index (χ2n) is 11.2. The van der Waals surface area contributed by atoms with Crippen LogP contribution < -0.4 is 5.46 Å². The first kappa shape index (κ1) is 28.2. The van der Waals surface area contributed by atoms with Gasteiger partial charge in [-0.15, -0.1) is 0 Å². The molecule has 2 heterocycles. The van der Waals surface area contributed by atoms with E-state index < -0.39 is 12.7 Å². The highest BCUT2D eigenvalue weighted by atomic mass is 19.1. The van der Waals surface area contributed by atoms with Gasteiger partial charge in [0.1, 0.15) is 11.9 Å². The summed E-state index contributed by atoms with van der Waals surface area (Å²) in [6.07, 6.45) is 0.597. The smallest absolute Gasteiger partial charge is 0.446 e. The van der Waals surface area contributed by atoms with Crippen molar-refractivity contribution in [3.05, 3.63) is 66.0 Å². The van der Waals surface area contributed by atoms with Crippen LogP contribution in [0.25, 0.3) is 0 Å². The summed E-state index contributed by atoms with van der Waals surface area (Å²) in [5, 5.41) is 9.96. The molecule has 2 aromatic rings. The topological polar surface area (TPSA) is 68.2 Å². The highest BCUT2D eigenvalue weighted by molar-refractivity contribution is 6.62. The lowest BCUT2D eigenvalue weighted by molar-refractivity contribution is -0.0309. The molecule has 2 saturated heterocycles. The van der Waals surface area contributed by atoms with Crippen LogP contribution in [0.3, 0.4) is 0 Å². The first-order chi connectivity index (χ1) is 16.7. The number of aliphatic hydroxyl groups is 1. The van der Waals surface area contributed by atoms with Gasteiger partial charge in [-0.05, 0) is 71.6 Å². The molecule has 8 heteroatoms. The Morgan fingerprint density at radius 3 is 2.06 bits per heavy atom.